The van der Waals surface area contributed by atoms with Gasteiger partial charge in [-0.25, -0.2) is 4.98 Å². The molecule has 0 bridgehead atoms. The molecule has 2 aliphatic heterocycles. The van der Waals surface area contributed by atoms with Crippen LogP contribution in [0.4, 0.5) is 11.8 Å². The van der Waals surface area contributed by atoms with E-state index >= 15 is 0 Å². The summed E-state index contributed by atoms with van der Waals surface area (Å²) in [5.41, 5.74) is 1.05. The highest BCUT2D eigenvalue weighted by Gasteiger charge is 2.30. The minimum atomic E-state index is 0.0455. The Balaban J connectivity index is 1.43. The van der Waals surface area contributed by atoms with Crippen LogP contribution in [-0.4, -0.2) is 66.8 Å². The standard InChI is InChI=1S/C25H35N7O2/c1-3-4-12-30-14-15-32(23-9-10-27-25(29-23)31-13-11-26-19-31)21(18-30)16-24(33)28-17-20-5-7-22(34-2)8-6-20/h5-11,13,21,26H,3-4,12,14-19H2,1-2H3,(H,28,33). The third-order valence-corrected chi connectivity index (χ3v) is 6.28. The Morgan fingerprint density at radius 3 is 2.82 bits per heavy atom. The van der Waals surface area contributed by atoms with Crippen LogP contribution in [-0.2, 0) is 11.3 Å². The van der Waals surface area contributed by atoms with Crippen LogP contribution in [0, 0.1) is 0 Å². The maximum atomic E-state index is 12.9. The highest BCUT2D eigenvalue weighted by atomic mass is 16.5. The monoisotopic (exact) mass is 465 g/mol. The molecule has 3 heterocycles. The van der Waals surface area contributed by atoms with Crippen molar-refractivity contribution in [3.8, 4) is 5.75 Å². The van der Waals surface area contributed by atoms with Gasteiger partial charge >= 0.3 is 0 Å². The second kappa shape index (κ2) is 11.7. The molecule has 1 aromatic carbocycles. The summed E-state index contributed by atoms with van der Waals surface area (Å²) in [5, 5.41) is 6.24. The number of benzene rings is 1. The number of aromatic nitrogens is 2. The molecule has 0 saturated carbocycles. The highest BCUT2D eigenvalue weighted by Crippen LogP contribution is 2.23. The van der Waals surface area contributed by atoms with E-state index in [1.807, 2.05) is 47.6 Å². The predicted octanol–water partition coefficient (Wildman–Crippen LogP) is 2.32. The second-order valence-corrected chi connectivity index (χ2v) is 8.69. The Morgan fingerprint density at radius 2 is 2.09 bits per heavy atom. The van der Waals surface area contributed by atoms with Gasteiger partial charge in [0, 0.05) is 51.2 Å². The summed E-state index contributed by atoms with van der Waals surface area (Å²) in [6.45, 7) is 7.09. The van der Waals surface area contributed by atoms with Crippen LogP contribution in [0.3, 0.4) is 0 Å². The summed E-state index contributed by atoms with van der Waals surface area (Å²) in [7, 11) is 1.65. The molecule has 1 unspecified atom stereocenters. The third-order valence-electron chi connectivity index (χ3n) is 6.28. The van der Waals surface area contributed by atoms with Gasteiger partial charge < -0.3 is 20.3 Å². The van der Waals surface area contributed by atoms with Crippen LogP contribution in [0.15, 0.2) is 48.9 Å². The topological polar surface area (TPSA) is 85.9 Å². The van der Waals surface area contributed by atoms with Crippen molar-refractivity contribution in [3.63, 3.8) is 0 Å². The Morgan fingerprint density at radius 1 is 1.24 bits per heavy atom. The van der Waals surface area contributed by atoms with Crippen molar-refractivity contribution in [2.75, 3.05) is 49.8 Å². The molecule has 4 rings (SSSR count). The summed E-state index contributed by atoms with van der Waals surface area (Å²) < 4.78 is 5.21. The zero-order chi connectivity index (χ0) is 23.8. The van der Waals surface area contributed by atoms with Crippen molar-refractivity contribution in [1.82, 2.24) is 25.5 Å². The maximum Gasteiger partial charge on any atom is 0.232 e. The quantitative estimate of drug-likeness (QED) is 0.553. The summed E-state index contributed by atoms with van der Waals surface area (Å²) in [6.07, 6.45) is 8.38. The lowest BCUT2D eigenvalue weighted by molar-refractivity contribution is -0.121. The van der Waals surface area contributed by atoms with Gasteiger partial charge in [-0.15, -0.1) is 0 Å². The number of hydrogen-bond acceptors (Lipinski definition) is 8. The minimum absolute atomic E-state index is 0.0455. The number of carbonyl (C=O) groups is 1. The molecule has 1 saturated heterocycles. The first kappa shape index (κ1) is 23.8. The number of hydrogen-bond donors (Lipinski definition) is 2. The van der Waals surface area contributed by atoms with Crippen LogP contribution in [0.25, 0.3) is 0 Å². The molecule has 0 radical (unpaired) electrons. The zero-order valence-corrected chi connectivity index (χ0v) is 20.1. The number of rotatable bonds is 10. The molecular weight excluding hydrogens is 430 g/mol. The molecule has 9 heteroatoms. The van der Waals surface area contributed by atoms with E-state index < -0.39 is 0 Å². The van der Waals surface area contributed by atoms with Crippen LogP contribution in [0.1, 0.15) is 31.7 Å². The van der Waals surface area contributed by atoms with Gasteiger partial charge in [-0.1, -0.05) is 25.5 Å². The SMILES string of the molecule is CCCCN1CCN(c2ccnc(N3C=CNC3)n2)C(CC(=O)NCc2ccc(OC)cc2)C1. The van der Waals surface area contributed by atoms with Crippen molar-refractivity contribution in [2.45, 2.75) is 38.8 Å². The van der Waals surface area contributed by atoms with E-state index in [4.69, 9.17) is 9.72 Å². The molecule has 1 fully saturated rings. The second-order valence-electron chi connectivity index (χ2n) is 8.69. The van der Waals surface area contributed by atoms with Crippen molar-refractivity contribution < 1.29 is 9.53 Å². The van der Waals surface area contributed by atoms with E-state index in [2.05, 4.69) is 32.3 Å². The number of anilines is 2. The summed E-state index contributed by atoms with van der Waals surface area (Å²) in [6, 6.07) is 9.77. The van der Waals surface area contributed by atoms with Crippen LogP contribution >= 0.6 is 0 Å². The number of piperazine rings is 1. The minimum Gasteiger partial charge on any atom is -0.497 e. The maximum absolute atomic E-state index is 12.9. The van der Waals surface area contributed by atoms with Gasteiger partial charge in [0.15, 0.2) is 0 Å². The normalized spacial score (nSPS) is 18.1. The molecule has 182 valence electrons. The molecule has 2 aromatic rings. The van der Waals surface area contributed by atoms with Gasteiger partial charge in [-0.05, 0) is 36.7 Å². The van der Waals surface area contributed by atoms with Crippen molar-refractivity contribution in [1.29, 1.82) is 0 Å². The van der Waals surface area contributed by atoms with Crippen LogP contribution in [0.5, 0.6) is 5.75 Å². The number of nitrogens with zero attached hydrogens (tertiary/aromatic N) is 5. The third kappa shape index (κ3) is 6.17. The van der Waals surface area contributed by atoms with E-state index in [1.54, 1.807) is 13.3 Å². The van der Waals surface area contributed by atoms with Gasteiger partial charge in [0.1, 0.15) is 11.6 Å². The number of amides is 1. The van der Waals surface area contributed by atoms with E-state index in [1.165, 1.54) is 12.8 Å². The van der Waals surface area contributed by atoms with Crippen LogP contribution in [0.2, 0.25) is 0 Å². The number of nitrogens with one attached hydrogen (secondary N) is 2. The molecule has 34 heavy (non-hydrogen) atoms. The lowest BCUT2D eigenvalue weighted by atomic mass is 10.1. The first-order valence-corrected chi connectivity index (χ1v) is 12.0. The lowest BCUT2D eigenvalue weighted by Crippen LogP contribution is -2.55. The molecule has 0 aliphatic carbocycles. The van der Waals surface area contributed by atoms with Gasteiger partial charge in [-0.2, -0.15) is 4.98 Å². The largest absolute Gasteiger partial charge is 0.497 e. The lowest BCUT2D eigenvalue weighted by Gasteiger charge is -2.42. The molecule has 1 atom stereocenters. The van der Waals surface area contributed by atoms with Crippen LogP contribution < -0.4 is 25.2 Å². The summed E-state index contributed by atoms with van der Waals surface area (Å²) >= 11 is 0. The summed E-state index contributed by atoms with van der Waals surface area (Å²) in [5.74, 6) is 2.39. The Bertz CT molecular complexity index is 966. The first-order valence-electron chi connectivity index (χ1n) is 12.0. The molecule has 2 aliphatic rings. The van der Waals surface area contributed by atoms with Crippen molar-refractivity contribution in [3.05, 3.63) is 54.5 Å². The van der Waals surface area contributed by atoms with Gasteiger partial charge in [0.25, 0.3) is 0 Å². The van der Waals surface area contributed by atoms with Crippen molar-refractivity contribution in [2.24, 2.45) is 0 Å². The van der Waals surface area contributed by atoms with Gasteiger partial charge in [-0.3, -0.25) is 14.6 Å². The fraction of sp³-hybridized carbons (Fsp3) is 0.480. The molecule has 0 spiro atoms. The number of unbranched alkanes of at least 4 members (excludes halogenated alkanes) is 1. The highest BCUT2D eigenvalue weighted by molar-refractivity contribution is 5.77. The summed E-state index contributed by atoms with van der Waals surface area (Å²) in [4.78, 5) is 28.9. The number of carbonyl (C=O) groups excluding carboxylic acids is 1. The Kier molecular flexibility index (Phi) is 8.19. The average Bonchev–Trinajstić information content (AvgIpc) is 3.42. The first-order chi connectivity index (χ1) is 16.7. The molecule has 2 N–H and O–H groups in total. The Labute approximate surface area is 201 Å². The molecular formula is C25H35N7O2. The van der Waals surface area contributed by atoms with Gasteiger partial charge in [0.05, 0.1) is 19.8 Å². The Hall–Kier alpha value is -3.33. The fourth-order valence-corrected chi connectivity index (χ4v) is 4.33. The van der Waals surface area contributed by atoms with E-state index in [0.717, 1.165) is 43.3 Å². The van der Waals surface area contributed by atoms with E-state index in [0.29, 0.717) is 25.6 Å². The fourth-order valence-electron chi connectivity index (χ4n) is 4.33. The molecule has 9 nitrogen and oxygen atoms in total. The molecule has 1 aromatic heterocycles. The number of methoxy groups -OCH3 is 1. The number of ether oxygens (including phenoxy) is 1. The van der Waals surface area contributed by atoms with Gasteiger partial charge in [0.2, 0.25) is 11.9 Å². The van der Waals surface area contributed by atoms with E-state index in [-0.39, 0.29) is 11.9 Å². The molecule has 1 amide bonds. The smallest absolute Gasteiger partial charge is 0.232 e. The zero-order valence-electron chi connectivity index (χ0n) is 20.1. The predicted molar refractivity (Wildman–Crippen MR) is 134 cm³/mol. The van der Waals surface area contributed by atoms with Crippen molar-refractivity contribution >= 4 is 17.7 Å². The average molecular weight is 466 g/mol. The van der Waals surface area contributed by atoms with E-state index in [9.17, 15) is 4.79 Å².